The maximum absolute atomic E-state index is 13.6. The first-order valence-corrected chi connectivity index (χ1v) is 13.5. The molecule has 45 heavy (non-hydrogen) atoms. The van der Waals surface area contributed by atoms with Gasteiger partial charge in [0.25, 0.3) is 5.89 Å². The SMILES string of the molecule is C=C/C(C#N)=C\C=C(/CC[N+](C)(C)Cc1nnc(C)o1)[C@@H]1C(C(=O)OC)=C(C)N(c2cccc(C(F)(F)F)c2)C(=N)N1C(N)=O. The highest BCUT2D eigenvalue weighted by Crippen LogP contribution is 2.38. The molecule has 0 radical (unpaired) electrons. The van der Waals surface area contributed by atoms with Crippen LogP contribution < -0.4 is 10.6 Å². The standard InChI is InChI=1S/C30H33F3N8O4/c1-7-20(16-34)11-12-21(13-14-41(4,5)17-24-38-37-19(3)45-24)26-25(27(42)44-6)18(2)39(28(35)40(26)29(36)43)23-10-8-9-22(15-23)30(31,32)33/h7-12,15,26,35H,1,13-14,17H2,2-6H3,(H-,36,43)/p+1/b20-11+,21-12+,35-28?/t26-/m1/s1. The van der Waals surface area contributed by atoms with Gasteiger partial charge in [0, 0.05) is 24.7 Å². The summed E-state index contributed by atoms with van der Waals surface area (Å²) in [5, 5.41) is 26.4. The number of ether oxygens (including phenoxy) is 1. The molecule has 0 aliphatic carbocycles. The first-order valence-electron chi connectivity index (χ1n) is 13.5. The van der Waals surface area contributed by atoms with Crippen LogP contribution in [0.5, 0.6) is 0 Å². The maximum atomic E-state index is 13.6. The number of nitrogens with two attached hydrogens (primary N) is 1. The van der Waals surface area contributed by atoms with Gasteiger partial charge in [0.2, 0.25) is 11.9 Å². The summed E-state index contributed by atoms with van der Waals surface area (Å²) in [7, 11) is 4.90. The number of esters is 1. The number of urea groups is 1. The molecular formula is C30H34F3N8O4+. The number of quaternary nitrogens is 1. The zero-order valence-electron chi connectivity index (χ0n) is 25.5. The monoisotopic (exact) mass is 627 g/mol. The third-order valence-electron chi connectivity index (χ3n) is 7.09. The van der Waals surface area contributed by atoms with Crippen molar-refractivity contribution >= 4 is 23.6 Å². The van der Waals surface area contributed by atoms with E-state index >= 15 is 0 Å². The highest BCUT2D eigenvalue weighted by Gasteiger charge is 2.45. The minimum Gasteiger partial charge on any atom is -0.466 e. The fourth-order valence-corrected chi connectivity index (χ4v) is 4.86. The highest BCUT2D eigenvalue weighted by molar-refractivity contribution is 6.10. The van der Waals surface area contributed by atoms with Crippen LogP contribution in [0.2, 0.25) is 0 Å². The Morgan fingerprint density at radius 3 is 2.49 bits per heavy atom. The second-order valence-electron chi connectivity index (χ2n) is 10.8. The van der Waals surface area contributed by atoms with Crippen molar-refractivity contribution in [2.24, 2.45) is 5.73 Å². The van der Waals surface area contributed by atoms with Crippen molar-refractivity contribution in [3.8, 4) is 6.07 Å². The van der Waals surface area contributed by atoms with Gasteiger partial charge in [-0.3, -0.25) is 15.2 Å². The van der Waals surface area contributed by atoms with Crippen LogP contribution in [0.4, 0.5) is 23.7 Å². The molecule has 0 bridgehead atoms. The summed E-state index contributed by atoms with van der Waals surface area (Å²) in [5.74, 6) is -0.702. The number of allylic oxidation sites excluding steroid dienone is 5. The van der Waals surface area contributed by atoms with Crippen molar-refractivity contribution in [2.45, 2.75) is 39.0 Å². The van der Waals surface area contributed by atoms with Gasteiger partial charge in [-0.1, -0.05) is 24.8 Å². The lowest BCUT2D eigenvalue weighted by atomic mass is 9.89. The number of amides is 2. The van der Waals surface area contributed by atoms with Crippen LogP contribution in [0.25, 0.3) is 0 Å². The summed E-state index contributed by atoms with van der Waals surface area (Å²) < 4.78 is 51.7. The van der Waals surface area contributed by atoms with Crippen molar-refractivity contribution in [3.05, 3.63) is 88.8 Å². The number of aryl methyl sites for hydroxylation is 1. The molecule has 238 valence electrons. The molecule has 2 aromatic rings. The van der Waals surface area contributed by atoms with Crippen LogP contribution >= 0.6 is 0 Å². The summed E-state index contributed by atoms with van der Waals surface area (Å²) in [4.78, 5) is 28.2. The number of benzene rings is 1. The quantitative estimate of drug-likeness (QED) is 0.167. The number of hydrogen-bond acceptors (Lipinski definition) is 8. The van der Waals surface area contributed by atoms with Gasteiger partial charge in [0.05, 0.1) is 56.6 Å². The zero-order chi connectivity index (χ0) is 33.7. The maximum Gasteiger partial charge on any atom is 0.416 e. The molecule has 1 aromatic heterocycles. The number of guanidine groups is 1. The van der Waals surface area contributed by atoms with E-state index < -0.39 is 35.7 Å². The minimum atomic E-state index is -4.69. The van der Waals surface area contributed by atoms with Gasteiger partial charge in [-0.25, -0.2) is 9.59 Å². The van der Waals surface area contributed by atoms with Gasteiger partial charge in [-0.2, -0.15) is 18.4 Å². The minimum absolute atomic E-state index is 0.0443. The molecule has 1 aliphatic heterocycles. The van der Waals surface area contributed by atoms with Gasteiger partial charge in [-0.15, -0.1) is 10.2 Å². The molecule has 12 nitrogen and oxygen atoms in total. The van der Waals surface area contributed by atoms with Crippen LogP contribution in [0.3, 0.4) is 0 Å². The number of alkyl halides is 3. The number of nitrogens with zero attached hydrogens (tertiary/aromatic N) is 6. The molecular weight excluding hydrogens is 593 g/mol. The van der Waals surface area contributed by atoms with Crippen molar-refractivity contribution in [2.75, 3.05) is 32.6 Å². The molecule has 0 fully saturated rings. The van der Waals surface area contributed by atoms with E-state index in [0.29, 0.717) is 34.9 Å². The molecule has 1 atom stereocenters. The van der Waals surface area contributed by atoms with Gasteiger partial charge in [-0.05, 0) is 36.8 Å². The third-order valence-corrected chi connectivity index (χ3v) is 7.09. The lowest BCUT2D eigenvalue weighted by Gasteiger charge is -2.43. The van der Waals surface area contributed by atoms with Crippen molar-refractivity contribution < 1.29 is 36.4 Å². The van der Waals surface area contributed by atoms with E-state index in [1.807, 2.05) is 20.2 Å². The summed E-state index contributed by atoms with van der Waals surface area (Å²) in [5.41, 5.74) is 5.12. The van der Waals surface area contributed by atoms with Crippen LogP contribution in [0.1, 0.15) is 30.7 Å². The number of anilines is 1. The number of aromatic nitrogens is 2. The molecule has 0 unspecified atom stereocenters. The van der Waals surface area contributed by atoms with E-state index in [-0.39, 0.29) is 29.0 Å². The summed E-state index contributed by atoms with van der Waals surface area (Å²) >= 11 is 0. The Balaban J connectivity index is 2.23. The van der Waals surface area contributed by atoms with E-state index in [1.165, 1.54) is 31.2 Å². The van der Waals surface area contributed by atoms with Gasteiger partial charge in [0.1, 0.15) is 0 Å². The third kappa shape index (κ3) is 7.84. The molecule has 0 saturated carbocycles. The zero-order valence-corrected chi connectivity index (χ0v) is 25.5. The van der Waals surface area contributed by atoms with Crippen LogP contribution in [0.15, 0.2) is 75.9 Å². The van der Waals surface area contributed by atoms with Gasteiger partial charge >= 0.3 is 18.2 Å². The molecule has 15 heteroatoms. The van der Waals surface area contributed by atoms with E-state index in [0.717, 1.165) is 35.1 Å². The molecule has 3 rings (SSSR count). The van der Waals surface area contributed by atoms with E-state index in [4.69, 9.17) is 20.3 Å². The van der Waals surface area contributed by atoms with Crippen molar-refractivity contribution in [1.82, 2.24) is 15.1 Å². The number of nitriles is 1. The van der Waals surface area contributed by atoms with E-state index in [2.05, 4.69) is 16.8 Å². The first kappa shape index (κ1) is 34.3. The molecule has 1 aliphatic rings. The van der Waals surface area contributed by atoms with Crippen LogP contribution in [-0.4, -0.2) is 71.3 Å². The number of methoxy groups -OCH3 is 1. The summed E-state index contributed by atoms with van der Waals surface area (Å²) in [6.07, 6.45) is -0.222. The Hall–Kier alpha value is -5.23. The van der Waals surface area contributed by atoms with Crippen LogP contribution in [0, 0.1) is 23.7 Å². The Kier molecular flexibility index (Phi) is 10.4. The second-order valence-corrected chi connectivity index (χ2v) is 10.8. The normalized spacial score (nSPS) is 16.5. The van der Waals surface area contributed by atoms with E-state index in [1.54, 1.807) is 6.92 Å². The lowest BCUT2D eigenvalue weighted by Crippen LogP contribution is -2.59. The molecule has 2 amide bonds. The average Bonchev–Trinajstić information content (AvgIpc) is 3.37. The number of primary amides is 1. The lowest BCUT2D eigenvalue weighted by molar-refractivity contribution is -0.904. The fourth-order valence-electron chi connectivity index (χ4n) is 4.86. The Morgan fingerprint density at radius 1 is 1.27 bits per heavy atom. The number of carbonyl (C=O) groups excluding carboxylic acids is 2. The number of hydrogen-bond donors (Lipinski definition) is 2. The number of nitrogens with one attached hydrogen (secondary N) is 1. The van der Waals surface area contributed by atoms with Crippen LogP contribution in [-0.2, 0) is 22.3 Å². The average molecular weight is 628 g/mol. The smallest absolute Gasteiger partial charge is 0.416 e. The molecule has 0 spiro atoms. The van der Waals surface area contributed by atoms with Crippen molar-refractivity contribution in [3.63, 3.8) is 0 Å². The number of halogens is 3. The summed E-state index contributed by atoms with van der Waals surface area (Å²) in [6, 6.07) is 3.64. The van der Waals surface area contributed by atoms with Gasteiger partial charge < -0.3 is 19.4 Å². The molecule has 1 aromatic carbocycles. The number of rotatable bonds is 10. The fraction of sp³-hybridized carbons (Fsp3) is 0.333. The topological polar surface area (TPSA) is 162 Å². The first-order chi connectivity index (χ1) is 21.0. The second kappa shape index (κ2) is 13.6. The Bertz CT molecular complexity index is 1630. The molecule has 3 N–H and O–H groups in total. The molecule has 2 heterocycles. The summed E-state index contributed by atoms with van der Waals surface area (Å²) in [6.45, 7) is 7.42. The molecule has 0 saturated heterocycles. The Labute approximate surface area is 258 Å². The van der Waals surface area contributed by atoms with Crippen molar-refractivity contribution in [1.29, 1.82) is 10.7 Å². The largest absolute Gasteiger partial charge is 0.466 e. The predicted molar refractivity (Wildman–Crippen MR) is 158 cm³/mol. The van der Waals surface area contributed by atoms with Gasteiger partial charge in [0.15, 0.2) is 6.54 Å². The highest BCUT2D eigenvalue weighted by atomic mass is 19.4. The number of carbonyl (C=O) groups is 2. The Morgan fingerprint density at radius 2 is 1.96 bits per heavy atom. The predicted octanol–water partition coefficient (Wildman–Crippen LogP) is 4.58. The van der Waals surface area contributed by atoms with E-state index in [9.17, 15) is 28.0 Å².